The molecule has 2 rings (SSSR count). The van der Waals surface area contributed by atoms with Crippen molar-refractivity contribution in [2.75, 3.05) is 12.5 Å². The average molecular weight is 271 g/mol. The molecule has 2 aromatic rings. The summed E-state index contributed by atoms with van der Waals surface area (Å²) in [6.45, 7) is 0. The topological polar surface area (TPSA) is 106 Å². The fraction of sp³-hybridized carbons (Fsp3) is 0.154. The summed E-state index contributed by atoms with van der Waals surface area (Å²) in [4.78, 5) is 16.3. The van der Waals surface area contributed by atoms with Crippen LogP contribution in [-0.2, 0) is 7.05 Å². The summed E-state index contributed by atoms with van der Waals surface area (Å²) in [5.74, 6) is 6.18. The number of aromatic nitrogens is 2. The van der Waals surface area contributed by atoms with Gasteiger partial charge in [0.1, 0.15) is 17.4 Å². The Morgan fingerprint density at radius 1 is 1.40 bits per heavy atom. The minimum Gasteiger partial charge on any atom is -0.497 e. The lowest BCUT2D eigenvalue weighted by molar-refractivity contribution is 0.415. The number of hydrogen-bond donors (Lipinski definition) is 2. The lowest BCUT2D eigenvalue weighted by Gasteiger charge is -2.10. The second-order valence-electron chi connectivity index (χ2n) is 4.01. The van der Waals surface area contributed by atoms with Gasteiger partial charge in [0.05, 0.1) is 12.8 Å². The molecule has 0 radical (unpaired) electrons. The number of anilines is 1. The summed E-state index contributed by atoms with van der Waals surface area (Å²) in [5.41, 5.74) is 2.77. The third-order valence-electron chi connectivity index (χ3n) is 2.90. The number of nitrogens with one attached hydrogen (secondary N) is 1. The van der Waals surface area contributed by atoms with Crippen LogP contribution in [0.25, 0.3) is 11.3 Å². The third-order valence-corrected chi connectivity index (χ3v) is 2.90. The number of rotatable bonds is 3. The van der Waals surface area contributed by atoms with Crippen LogP contribution < -0.4 is 21.6 Å². The Morgan fingerprint density at radius 3 is 2.55 bits per heavy atom. The molecule has 7 nitrogen and oxygen atoms in total. The first-order valence-electron chi connectivity index (χ1n) is 5.74. The first-order chi connectivity index (χ1) is 9.62. The maximum Gasteiger partial charge on any atom is 0.273 e. The van der Waals surface area contributed by atoms with E-state index in [2.05, 4.69) is 10.4 Å². The summed E-state index contributed by atoms with van der Waals surface area (Å²) >= 11 is 0. The molecule has 3 N–H and O–H groups in total. The molecule has 1 aromatic carbocycles. The van der Waals surface area contributed by atoms with E-state index in [-0.39, 0.29) is 17.2 Å². The first kappa shape index (κ1) is 13.6. The van der Waals surface area contributed by atoms with Gasteiger partial charge < -0.3 is 4.74 Å². The smallest absolute Gasteiger partial charge is 0.273 e. The van der Waals surface area contributed by atoms with E-state index in [4.69, 9.17) is 15.8 Å². The van der Waals surface area contributed by atoms with Crippen molar-refractivity contribution in [2.45, 2.75) is 0 Å². The van der Waals surface area contributed by atoms with Crippen LogP contribution >= 0.6 is 0 Å². The average Bonchev–Trinajstić information content (AvgIpc) is 2.50. The molecule has 0 fully saturated rings. The van der Waals surface area contributed by atoms with Crippen LogP contribution in [0.15, 0.2) is 29.1 Å². The Labute approximate surface area is 115 Å². The predicted octanol–water partition coefficient (Wildman–Crippen LogP) is 0.613. The van der Waals surface area contributed by atoms with E-state index in [1.165, 1.54) is 11.6 Å². The second kappa shape index (κ2) is 5.42. The van der Waals surface area contributed by atoms with Gasteiger partial charge in [-0.25, -0.2) is 10.8 Å². The number of nitrogens with zero attached hydrogens (tertiary/aromatic N) is 3. The zero-order valence-corrected chi connectivity index (χ0v) is 11.0. The van der Waals surface area contributed by atoms with E-state index in [1.54, 1.807) is 31.4 Å². The van der Waals surface area contributed by atoms with E-state index >= 15 is 0 Å². The van der Waals surface area contributed by atoms with Crippen molar-refractivity contribution in [3.05, 3.63) is 40.2 Å². The van der Waals surface area contributed by atoms with Gasteiger partial charge in [0.2, 0.25) is 5.95 Å². The molecule has 7 heteroatoms. The van der Waals surface area contributed by atoms with Gasteiger partial charge in [0.25, 0.3) is 5.56 Å². The van der Waals surface area contributed by atoms with Gasteiger partial charge in [-0.05, 0) is 24.3 Å². The van der Waals surface area contributed by atoms with Gasteiger partial charge in [-0.1, -0.05) is 0 Å². The fourth-order valence-corrected chi connectivity index (χ4v) is 1.79. The van der Waals surface area contributed by atoms with Crippen LogP contribution in [0.2, 0.25) is 0 Å². The van der Waals surface area contributed by atoms with Crippen LogP contribution in [-0.4, -0.2) is 16.7 Å². The Morgan fingerprint density at radius 2 is 2.05 bits per heavy atom. The van der Waals surface area contributed by atoms with E-state index in [0.29, 0.717) is 11.3 Å². The lowest BCUT2D eigenvalue weighted by Crippen LogP contribution is -2.27. The summed E-state index contributed by atoms with van der Waals surface area (Å²) in [6.07, 6.45) is 0. The molecule has 102 valence electrons. The minimum atomic E-state index is -0.457. The molecule has 20 heavy (non-hydrogen) atoms. The van der Waals surface area contributed by atoms with E-state index in [9.17, 15) is 4.79 Å². The molecule has 0 aliphatic rings. The van der Waals surface area contributed by atoms with Crippen LogP contribution in [0.4, 0.5) is 5.95 Å². The number of nitrogens with two attached hydrogens (primary N) is 1. The summed E-state index contributed by atoms with van der Waals surface area (Å²) < 4.78 is 6.25. The molecular formula is C13H13N5O2. The molecule has 0 atom stereocenters. The standard InChI is InChI=1S/C13H13N5O2/c1-18-12(19)10(7-14)11(16-13(18)17-15)8-3-5-9(20-2)6-4-8/h3-6H,15H2,1-2H3,(H,16,17). The number of benzene rings is 1. The van der Waals surface area contributed by atoms with Gasteiger partial charge in [0.15, 0.2) is 0 Å². The highest BCUT2D eigenvalue weighted by molar-refractivity contribution is 5.67. The van der Waals surface area contributed by atoms with Gasteiger partial charge in [-0.2, -0.15) is 5.26 Å². The lowest BCUT2D eigenvalue weighted by atomic mass is 10.1. The van der Waals surface area contributed by atoms with Gasteiger partial charge in [-0.3, -0.25) is 14.8 Å². The molecule has 0 aliphatic carbocycles. The Balaban J connectivity index is 2.69. The largest absolute Gasteiger partial charge is 0.497 e. The van der Waals surface area contributed by atoms with E-state index in [1.807, 2.05) is 6.07 Å². The normalized spacial score (nSPS) is 9.90. The summed E-state index contributed by atoms with van der Waals surface area (Å²) in [6, 6.07) is 8.79. The zero-order chi connectivity index (χ0) is 14.7. The quantitative estimate of drug-likeness (QED) is 0.626. The number of hydrogen-bond acceptors (Lipinski definition) is 6. The monoisotopic (exact) mass is 271 g/mol. The third kappa shape index (κ3) is 2.20. The van der Waals surface area contributed by atoms with Gasteiger partial charge >= 0.3 is 0 Å². The molecule has 0 aliphatic heterocycles. The van der Waals surface area contributed by atoms with Crippen molar-refractivity contribution in [2.24, 2.45) is 12.9 Å². The molecule has 0 bridgehead atoms. The van der Waals surface area contributed by atoms with Crippen molar-refractivity contribution in [3.8, 4) is 23.1 Å². The van der Waals surface area contributed by atoms with Crippen molar-refractivity contribution in [1.82, 2.24) is 9.55 Å². The molecule has 0 spiro atoms. The molecule has 0 amide bonds. The van der Waals surface area contributed by atoms with Crippen molar-refractivity contribution in [1.29, 1.82) is 5.26 Å². The van der Waals surface area contributed by atoms with Gasteiger partial charge in [-0.15, -0.1) is 0 Å². The van der Waals surface area contributed by atoms with Crippen LogP contribution in [0, 0.1) is 11.3 Å². The second-order valence-corrected chi connectivity index (χ2v) is 4.01. The molecule has 0 saturated carbocycles. The summed E-state index contributed by atoms with van der Waals surface area (Å²) in [5, 5.41) is 9.17. The van der Waals surface area contributed by atoms with E-state index < -0.39 is 5.56 Å². The molecule has 1 heterocycles. The maximum atomic E-state index is 12.1. The van der Waals surface area contributed by atoms with Crippen molar-refractivity contribution in [3.63, 3.8) is 0 Å². The van der Waals surface area contributed by atoms with Crippen LogP contribution in [0.1, 0.15) is 5.56 Å². The van der Waals surface area contributed by atoms with E-state index in [0.717, 1.165) is 0 Å². The fourth-order valence-electron chi connectivity index (χ4n) is 1.79. The number of methoxy groups -OCH3 is 1. The zero-order valence-electron chi connectivity index (χ0n) is 11.0. The van der Waals surface area contributed by atoms with Crippen LogP contribution in [0.5, 0.6) is 5.75 Å². The van der Waals surface area contributed by atoms with Crippen molar-refractivity contribution < 1.29 is 4.74 Å². The highest BCUT2D eigenvalue weighted by Crippen LogP contribution is 2.23. The highest BCUT2D eigenvalue weighted by Gasteiger charge is 2.15. The number of nitrogen functional groups attached to an aromatic ring is 1. The Kier molecular flexibility index (Phi) is 3.68. The number of ether oxygens (including phenoxy) is 1. The molecule has 1 aromatic heterocycles. The predicted molar refractivity (Wildman–Crippen MR) is 74.0 cm³/mol. The first-order valence-corrected chi connectivity index (χ1v) is 5.74. The van der Waals surface area contributed by atoms with Gasteiger partial charge in [0, 0.05) is 12.6 Å². The molecule has 0 unspecified atom stereocenters. The highest BCUT2D eigenvalue weighted by atomic mass is 16.5. The summed E-state index contributed by atoms with van der Waals surface area (Å²) in [7, 11) is 3.05. The minimum absolute atomic E-state index is 0.0309. The Hall–Kier alpha value is -2.85. The van der Waals surface area contributed by atoms with Crippen molar-refractivity contribution >= 4 is 5.95 Å². The number of nitriles is 1. The molecule has 0 saturated heterocycles. The SMILES string of the molecule is COc1ccc(-c2nc(NN)n(C)c(=O)c2C#N)cc1. The number of hydrazine groups is 1. The van der Waals surface area contributed by atoms with Crippen LogP contribution in [0.3, 0.4) is 0 Å². The Bertz CT molecular complexity index is 728. The molecular weight excluding hydrogens is 258 g/mol. The maximum absolute atomic E-state index is 12.1.